The molecule has 1 N–H and O–H groups in total. The Bertz CT molecular complexity index is 979. The Labute approximate surface area is 192 Å². The quantitative estimate of drug-likeness (QED) is 0.655. The first kappa shape index (κ1) is 22.7. The second-order valence-electron chi connectivity index (χ2n) is 9.54. The van der Waals surface area contributed by atoms with Gasteiger partial charge in [0, 0.05) is 25.0 Å². The van der Waals surface area contributed by atoms with Gasteiger partial charge in [-0.1, -0.05) is 12.1 Å². The third kappa shape index (κ3) is 5.46. The van der Waals surface area contributed by atoms with Crippen molar-refractivity contribution < 1.29 is 18.7 Å². The maximum Gasteiger partial charge on any atom is 0.407 e. The Kier molecular flexibility index (Phi) is 6.51. The molecule has 2 aliphatic rings. The number of nitrogens with zero attached hydrogens (tertiary/aromatic N) is 2. The molecule has 2 heterocycles. The van der Waals surface area contributed by atoms with Gasteiger partial charge in [0.25, 0.3) is 5.91 Å². The Morgan fingerprint density at radius 1 is 1.19 bits per heavy atom. The summed E-state index contributed by atoms with van der Waals surface area (Å²) in [6, 6.07) is 6.11. The van der Waals surface area contributed by atoms with Gasteiger partial charge in [-0.3, -0.25) is 4.79 Å². The monoisotopic (exact) mass is 459 g/mol. The van der Waals surface area contributed by atoms with Gasteiger partial charge in [0.05, 0.1) is 9.88 Å². The summed E-state index contributed by atoms with van der Waals surface area (Å²) in [4.78, 5) is 33.1. The van der Waals surface area contributed by atoms with E-state index < -0.39 is 11.7 Å². The summed E-state index contributed by atoms with van der Waals surface area (Å²) < 4.78 is 18.8. The van der Waals surface area contributed by atoms with Gasteiger partial charge >= 0.3 is 6.09 Å². The second kappa shape index (κ2) is 9.17. The van der Waals surface area contributed by atoms with Crippen LogP contribution >= 0.6 is 11.3 Å². The summed E-state index contributed by atoms with van der Waals surface area (Å²) in [5, 5.41) is 3.80. The van der Waals surface area contributed by atoms with E-state index in [0.29, 0.717) is 24.7 Å². The van der Waals surface area contributed by atoms with Crippen LogP contribution in [-0.2, 0) is 4.74 Å². The SMILES string of the molecule is CC(C)(C)OC(=O)NC[C@@H]1CCCCN1C(=O)c1nc(C2CC2)sc1-c1ccc(F)cc1. The molecule has 1 aromatic heterocycles. The van der Waals surface area contributed by atoms with Gasteiger partial charge in [0.15, 0.2) is 0 Å². The predicted molar refractivity (Wildman–Crippen MR) is 122 cm³/mol. The highest BCUT2D eigenvalue weighted by Gasteiger charge is 2.34. The molecule has 1 aromatic carbocycles. The van der Waals surface area contributed by atoms with Crippen molar-refractivity contribution in [1.82, 2.24) is 15.2 Å². The number of rotatable bonds is 5. The zero-order valence-electron chi connectivity index (χ0n) is 18.8. The maximum atomic E-state index is 13.7. The van der Waals surface area contributed by atoms with Gasteiger partial charge in [-0.15, -0.1) is 11.3 Å². The van der Waals surface area contributed by atoms with Crippen LogP contribution in [-0.4, -0.2) is 46.6 Å². The van der Waals surface area contributed by atoms with Gasteiger partial charge in [0.1, 0.15) is 17.1 Å². The normalized spacial score (nSPS) is 19.0. The van der Waals surface area contributed by atoms with Crippen LogP contribution in [0, 0.1) is 5.82 Å². The molecule has 0 unspecified atom stereocenters. The number of amides is 2. The van der Waals surface area contributed by atoms with E-state index in [9.17, 15) is 14.0 Å². The molecule has 2 amide bonds. The molecule has 2 fully saturated rings. The van der Waals surface area contributed by atoms with Crippen LogP contribution in [0.4, 0.5) is 9.18 Å². The van der Waals surface area contributed by atoms with Gasteiger partial charge in [-0.05, 0) is 70.6 Å². The highest BCUT2D eigenvalue weighted by atomic mass is 32.1. The van der Waals surface area contributed by atoms with Crippen molar-refractivity contribution in [2.75, 3.05) is 13.1 Å². The highest BCUT2D eigenvalue weighted by Crippen LogP contribution is 2.45. The molecule has 6 nitrogen and oxygen atoms in total. The van der Waals surface area contributed by atoms with E-state index in [1.54, 1.807) is 12.1 Å². The minimum atomic E-state index is -0.573. The summed E-state index contributed by atoms with van der Waals surface area (Å²) in [5.74, 6) is -0.00669. The van der Waals surface area contributed by atoms with E-state index in [1.807, 2.05) is 25.7 Å². The number of nitrogens with one attached hydrogen (secondary N) is 1. The number of ether oxygens (including phenoxy) is 1. The topological polar surface area (TPSA) is 71.5 Å². The predicted octanol–water partition coefficient (Wildman–Crippen LogP) is 5.35. The van der Waals surface area contributed by atoms with E-state index in [-0.39, 0.29) is 17.8 Å². The lowest BCUT2D eigenvalue weighted by Crippen LogP contribution is -2.50. The van der Waals surface area contributed by atoms with E-state index in [1.165, 1.54) is 23.5 Å². The number of carbonyl (C=O) groups is 2. The summed E-state index contributed by atoms with van der Waals surface area (Å²) in [5.41, 5.74) is 0.669. The fraction of sp³-hybridized carbons (Fsp3) is 0.542. The lowest BCUT2D eigenvalue weighted by Gasteiger charge is -2.35. The lowest BCUT2D eigenvalue weighted by atomic mass is 10.0. The molecule has 4 rings (SSSR count). The van der Waals surface area contributed by atoms with E-state index >= 15 is 0 Å². The number of hydrogen-bond donors (Lipinski definition) is 1. The van der Waals surface area contributed by atoms with Crippen LogP contribution in [0.3, 0.4) is 0 Å². The van der Waals surface area contributed by atoms with Crippen molar-refractivity contribution in [3.63, 3.8) is 0 Å². The molecule has 2 aromatic rings. The van der Waals surface area contributed by atoms with Crippen molar-refractivity contribution in [2.45, 2.75) is 70.4 Å². The molecule has 8 heteroatoms. The minimum absolute atomic E-state index is 0.115. The molecule has 0 spiro atoms. The van der Waals surface area contributed by atoms with Gasteiger partial charge in [-0.25, -0.2) is 14.2 Å². The Balaban J connectivity index is 1.55. The molecule has 1 aliphatic heterocycles. The number of piperidine rings is 1. The number of thiazole rings is 1. The molecule has 1 saturated heterocycles. The number of carbonyl (C=O) groups excluding carboxylic acids is 2. The average Bonchev–Trinajstić information content (AvgIpc) is 3.50. The summed E-state index contributed by atoms with van der Waals surface area (Å²) in [6.45, 7) is 6.42. The third-order valence-electron chi connectivity index (χ3n) is 5.65. The zero-order valence-corrected chi connectivity index (χ0v) is 19.6. The Morgan fingerprint density at radius 3 is 2.56 bits per heavy atom. The number of likely N-dealkylation sites (tertiary alicyclic amines) is 1. The molecule has 0 radical (unpaired) electrons. The number of hydrogen-bond acceptors (Lipinski definition) is 5. The Morgan fingerprint density at radius 2 is 1.91 bits per heavy atom. The lowest BCUT2D eigenvalue weighted by molar-refractivity contribution is 0.0461. The standard InChI is InChI=1S/C24H30FN3O3S/c1-24(2,3)31-23(30)26-14-18-6-4-5-13-28(18)22(29)19-20(15-9-11-17(25)12-10-15)32-21(27-19)16-7-8-16/h9-12,16,18H,4-8,13-14H2,1-3H3,(H,26,30)/t18-/m0/s1. The fourth-order valence-electron chi connectivity index (χ4n) is 3.91. The number of aromatic nitrogens is 1. The average molecular weight is 460 g/mol. The smallest absolute Gasteiger partial charge is 0.407 e. The zero-order chi connectivity index (χ0) is 22.9. The fourth-order valence-corrected chi connectivity index (χ4v) is 5.15. The maximum absolute atomic E-state index is 13.7. The van der Waals surface area contributed by atoms with E-state index in [4.69, 9.17) is 9.72 Å². The van der Waals surface area contributed by atoms with Crippen molar-refractivity contribution in [1.29, 1.82) is 0 Å². The van der Waals surface area contributed by atoms with E-state index in [0.717, 1.165) is 47.6 Å². The molecule has 1 saturated carbocycles. The molecular formula is C24H30FN3O3S. The largest absolute Gasteiger partial charge is 0.444 e. The first-order valence-corrected chi connectivity index (χ1v) is 12.1. The van der Waals surface area contributed by atoms with Crippen molar-refractivity contribution in [2.24, 2.45) is 0 Å². The minimum Gasteiger partial charge on any atom is -0.444 e. The molecule has 172 valence electrons. The Hall–Kier alpha value is -2.48. The number of benzene rings is 1. The van der Waals surface area contributed by atoms with Crippen LogP contribution in [0.5, 0.6) is 0 Å². The van der Waals surface area contributed by atoms with Crippen molar-refractivity contribution in [3.05, 3.63) is 40.8 Å². The number of alkyl carbamates (subject to hydrolysis) is 1. The third-order valence-corrected chi connectivity index (χ3v) is 6.92. The highest BCUT2D eigenvalue weighted by molar-refractivity contribution is 7.15. The molecule has 1 aliphatic carbocycles. The molecular weight excluding hydrogens is 429 g/mol. The first-order valence-electron chi connectivity index (χ1n) is 11.3. The first-order chi connectivity index (χ1) is 15.2. The second-order valence-corrected chi connectivity index (χ2v) is 10.6. The van der Waals surface area contributed by atoms with E-state index in [2.05, 4.69) is 5.32 Å². The van der Waals surface area contributed by atoms with Crippen molar-refractivity contribution in [3.8, 4) is 10.4 Å². The summed E-state index contributed by atoms with van der Waals surface area (Å²) in [7, 11) is 0. The summed E-state index contributed by atoms with van der Waals surface area (Å²) in [6.07, 6.45) is 4.44. The van der Waals surface area contributed by atoms with Crippen LogP contribution in [0.1, 0.15) is 74.3 Å². The van der Waals surface area contributed by atoms with Crippen LogP contribution in [0.2, 0.25) is 0 Å². The van der Waals surface area contributed by atoms with Gasteiger partial charge < -0.3 is 15.0 Å². The van der Waals surface area contributed by atoms with Gasteiger partial charge in [0.2, 0.25) is 0 Å². The van der Waals surface area contributed by atoms with Crippen LogP contribution in [0.15, 0.2) is 24.3 Å². The molecule has 1 atom stereocenters. The molecule has 32 heavy (non-hydrogen) atoms. The van der Waals surface area contributed by atoms with Crippen LogP contribution < -0.4 is 5.32 Å². The van der Waals surface area contributed by atoms with Gasteiger partial charge in [-0.2, -0.15) is 0 Å². The van der Waals surface area contributed by atoms with Crippen molar-refractivity contribution >= 4 is 23.3 Å². The number of halogens is 1. The summed E-state index contributed by atoms with van der Waals surface area (Å²) >= 11 is 1.54. The molecule has 0 bridgehead atoms. The van der Waals surface area contributed by atoms with Crippen LogP contribution in [0.25, 0.3) is 10.4 Å².